The van der Waals surface area contributed by atoms with Gasteiger partial charge in [-0.15, -0.1) is 0 Å². The minimum Gasteiger partial charge on any atom is -0.494 e. The number of hydrogen-bond acceptors (Lipinski definition) is 4. The molecule has 5 heteroatoms. The van der Waals surface area contributed by atoms with E-state index in [4.69, 9.17) is 9.47 Å². The SMILES string of the molecule is IC1CCC(OC2=CC(N3CCOCC3)=CC3NCCCCCCC23)CC1. The smallest absolute Gasteiger partial charge is 0.103 e. The van der Waals surface area contributed by atoms with Crippen LogP contribution in [0.3, 0.4) is 0 Å². The highest BCUT2D eigenvalue weighted by atomic mass is 127. The van der Waals surface area contributed by atoms with E-state index in [9.17, 15) is 0 Å². The zero-order chi connectivity index (χ0) is 18.5. The molecule has 2 aliphatic heterocycles. The van der Waals surface area contributed by atoms with Crippen molar-refractivity contribution in [1.29, 1.82) is 0 Å². The molecule has 0 amide bonds. The third-order valence-electron chi connectivity index (χ3n) is 6.54. The number of nitrogens with one attached hydrogen (secondary N) is 1. The third-order valence-corrected chi connectivity index (χ3v) is 7.79. The van der Waals surface area contributed by atoms with Gasteiger partial charge in [-0.2, -0.15) is 0 Å². The molecular weight excluding hydrogens is 451 g/mol. The lowest BCUT2D eigenvalue weighted by atomic mass is 9.86. The van der Waals surface area contributed by atoms with Gasteiger partial charge in [0, 0.05) is 34.7 Å². The predicted octanol–water partition coefficient (Wildman–Crippen LogP) is 4.40. The van der Waals surface area contributed by atoms with Gasteiger partial charge in [0.05, 0.1) is 19.3 Å². The van der Waals surface area contributed by atoms with Crippen LogP contribution in [-0.4, -0.2) is 53.8 Å². The Morgan fingerprint density at radius 2 is 1.78 bits per heavy atom. The van der Waals surface area contributed by atoms with Crippen molar-refractivity contribution in [3.05, 3.63) is 23.6 Å². The van der Waals surface area contributed by atoms with Crippen LogP contribution in [0.4, 0.5) is 0 Å². The average molecular weight is 486 g/mol. The second-order valence-corrected chi connectivity index (χ2v) is 10.3. The molecule has 1 saturated carbocycles. The van der Waals surface area contributed by atoms with E-state index in [-0.39, 0.29) is 0 Å². The Hall–Kier alpha value is -0.270. The van der Waals surface area contributed by atoms with Crippen molar-refractivity contribution in [2.75, 3.05) is 32.8 Å². The largest absolute Gasteiger partial charge is 0.494 e. The number of halogens is 1. The van der Waals surface area contributed by atoms with Crippen molar-refractivity contribution >= 4 is 22.6 Å². The lowest BCUT2D eigenvalue weighted by molar-refractivity contribution is 0.0468. The molecule has 0 spiro atoms. The molecule has 2 heterocycles. The van der Waals surface area contributed by atoms with Crippen molar-refractivity contribution in [1.82, 2.24) is 10.2 Å². The fraction of sp³-hybridized carbons (Fsp3) is 0.818. The van der Waals surface area contributed by atoms with Crippen molar-refractivity contribution in [3.8, 4) is 0 Å². The maximum Gasteiger partial charge on any atom is 0.103 e. The lowest BCUT2D eigenvalue weighted by Crippen LogP contribution is -2.42. The summed E-state index contributed by atoms with van der Waals surface area (Å²) in [6.45, 7) is 4.78. The molecule has 27 heavy (non-hydrogen) atoms. The van der Waals surface area contributed by atoms with Gasteiger partial charge in [-0.05, 0) is 57.2 Å². The zero-order valence-corrected chi connectivity index (χ0v) is 18.7. The number of ether oxygens (including phenoxy) is 2. The lowest BCUT2D eigenvalue weighted by Gasteiger charge is -2.38. The van der Waals surface area contributed by atoms with Gasteiger partial charge in [0.15, 0.2) is 0 Å². The summed E-state index contributed by atoms with van der Waals surface area (Å²) in [5.74, 6) is 1.76. The fourth-order valence-electron chi connectivity index (χ4n) is 4.88. The van der Waals surface area contributed by atoms with Crippen LogP contribution in [-0.2, 0) is 9.47 Å². The highest BCUT2D eigenvalue weighted by Crippen LogP contribution is 2.36. The second kappa shape index (κ2) is 9.97. The predicted molar refractivity (Wildman–Crippen MR) is 118 cm³/mol. The van der Waals surface area contributed by atoms with E-state index in [1.807, 2.05) is 0 Å². The van der Waals surface area contributed by atoms with E-state index >= 15 is 0 Å². The van der Waals surface area contributed by atoms with Crippen LogP contribution in [0.1, 0.15) is 57.8 Å². The molecule has 0 aromatic rings. The van der Waals surface area contributed by atoms with Crippen molar-refractivity contribution in [2.24, 2.45) is 5.92 Å². The normalized spacial score (nSPS) is 35.8. The molecule has 0 aromatic carbocycles. The van der Waals surface area contributed by atoms with Crippen LogP contribution in [0.2, 0.25) is 0 Å². The minimum absolute atomic E-state index is 0.416. The van der Waals surface area contributed by atoms with E-state index in [1.54, 1.807) is 0 Å². The molecule has 0 aromatic heterocycles. The van der Waals surface area contributed by atoms with Gasteiger partial charge >= 0.3 is 0 Å². The molecule has 152 valence electrons. The summed E-state index contributed by atoms with van der Waals surface area (Å²) in [6.07, 6.45) is 16.9. The number of hydrogen-bond donors (Lipinski definition) is 1. The van der Waals surface area contributed by atoms with Crippen LogP contribution < -0.4 is 5.32 Å². The highest BCUT2D eigenvalue weighted by molar-refractivity contribution is 14.1. The number of rotatable bonds is 3. The van der Waals surface area contributed by atoms with E-state index in [0.29, 0.717) is 18.1 Å². The van der Waals surface area contributed by atoms with Gasteiger partial charge in [-0.3, -0.25) is 0 Å². The molecule has 2 aliphatic carbocycles. The van der Waals surface area contributed by atoms with E-state index < -0.39 is 0 Å². The first-order chi connectivity index (χ1) is 13.3. The molecule has 2 saturated heterocycles. The monoisotopic (exact) mass is 486 g/mol. The molecule has 2 unspecified atom stereocenters. The summed E-state index contributed by atoms with van der Waals surface area (Å²) >= 11 is 2.61. The maximum absolute atomic E-state index is 6.73. The summed E-state index contributed by atoms with van der Waals surface area (Å²) in [4.78, 5) is 2.49. The minimum atomic E-state index is 0.416. The Balaban J connectivity index is 1.53. The van der Waals surface area contributed by atoms with Gasteiger partial charge in [-0.25, -0.2) is 0 Å². The summed E-state index contributed by atoms with van der Waals surface area (Å²) in [7, 11) is 0. The Labute approximate surface area is 178 Å². The summed E-state index contributed by atoms with van der Waals surface area (Å²) < 4.78 is 13.1. The first-order valence-corrected chi connectivity index (χ1v) is 12.3. The molecule has 1 N–H and O–H groups in total. The Morgan fingerprint density at radius 1 is 1.00 bits per heavy atom. The standard InChI is InChI=1S/C22H35IN2O2/c23-17-6-8-19(9-7-17)27-22-16-18(25-11-13-26-14-12-25)15-21-20(22)5-3-1-2-4-10-24-21/h15-17,19-21,24H,1-14H2. The number of alkyl halides is 1. The molecule has 0 bridgehead atoms. The molecule has 4 nitrogen and oxygen atoms in total. The topological polar surface area (TPSA) is 33.7 Å². The maximum atomic E-state index is 6.73. The Bertz CT molecular complexity index is 536. The third kappa shape index (κ3) is 5.41. The molecule has 2 atom stereocenters. The molecular formula is C22H35IN2O2. The van der Waals surface area contributed by atoms with Crippen LogP contribution in [0.25, 0.3) is 0 Å². The van der Waals surface area contributed by atoms with Crippen LogP contribution in [0.5, 0.6) is 0 Å². The fourth-order valence-corrected chi connectivity index (χ4v) is 5.60. The van der Waals surface area contributed by atoms with Gasteiger partial charge in [0.1, 0.15) is 5.76 Å². The second-order valence-electron chi connectivity index (χ2n) is 8.52. The van der Waals surface area contributed by atoms with Crippen LogP contribution in [0.15, 0.2) is 23.6 Å². The van der Waals surface area contributed by atoms with Gasteiger partial charge < -0.3 is 19.7 Å². The van der Waals surface area contributed by atoms with Crippen molar-refractivity contribution < 1.29 is 9.47 Å². The number of allylic oxidation sites excluding steroid dienone is 1. The number of fused-ring (bicyclic) bond motifs is 1. The van der Waals surface area contributed by atoms with Gasteiger partial charge in [0.2, 0.25) is 0 Å². The zero-order valence-electron chi connectivity index (χ0n) is 16.5. The summed E-state index contributed by atoms with van der Waals surface area (Å²) in [6, 6.07) is 0.418. The quantitative estimate of drug-likeness (QED) is 0.474. The first-order valence-electron chi connectivity index (χ1n) is 11.1. The van der Waals surface area contributed by atoms with Crippen molar-refractivity contribution in [3.63, 3.8) is 0 Å². The highest BCUT2D eigenvalue weighted by Gasteiger charge is 2.32. The number of nitrogens with zero attached hydrogens (tertiary/aromatic N) is 1. The Kier molecular flexibility index (Phi) is 7.39. The summed E-state index contributed by atoms with van der Waals surface area (Å²) in [5, 5.41) is 3.85. The van der Waals surface area contributed by atoms with Crippen LogP contribution in [0, 0.1) is 5.92 Å². The van der Waals surface area contributed by atoms with Gasteiger partial charge in [0.25, 0.3) is 0 Å². The average Bonchev–Trinajstić information content (AvgIpc) is 2.82. The first kappa shape index (κ1) is 20.0. The number of morpholine rings is 1. The molecule has 4 rings (SSSR count). The van der Waals surface area contributed by atoms with E-state index in [0.717, 1.165) is 36.8 Å². The molecule has 3 fully saturated rings. The van der Waals surface area contributed by atoms with E-state index in [1.165, 1.54) is 69.2 Å². The molecule has 0 radical (unpaired) electrons. The van der Waals surface area contributed by atoms with E-state index in [2.05, 4.69) is 45.0 Å². The van der Waals surface area contributed by atoms with Crippen molar-refractivity contribution in [2.45, 2.75) is 73.9 Å². The van der Waals surface area contributed by atoms with Crippen LogP contribution >= 0.6 is 22.6 Å². The molecule has 4 aliphatic rings. The van der Waals surface area contributed by atoms with Gasteiger partial charge in [-0.1, -0.05) is 41.9 Å². The Morgan fingerprint density at radius 3 is 2.59 bits per heavy atom. The summed E-state index contributed by atoms with van der Waals surface area (Å²) in [5.41, 5.74) is 1.35.